The molecule has 2 aromatic heterocycles. The number of anilines is 1. The molecule has 0 fully saturated rings. The van der Waals surface area contributed by atoms with Crippen LogP contribution in [0.15, 0.2) is 36.8 Å². The zero-order valence-corrected chi connectivity index (χ0v) is 12.7. The summed E-state index contributed by atoms with van der Waals surface area (Å²) in [7, 11) is 0. The normalized spacial score (nSPS) is 11.0. The summed E-state index contributed by atoms with van der Waals surface area (Å²) in [5.41, 5.74) is 5.98. The van der Waals surface area contributed by atoms with E-state index in [1.165, 1.54) is 22.2 Å². The Morgan fingerprint density at radius 2 is 1.90 bits per heavy atom. The maximum Gasteiger partial charge on any atom is 0.125 e. The number of rotatable bonds is 4. The van der Waals surface area contributed by atoms with Crippen LogP contribution in [0.4, 0.5) is 5.82 Å². The van der Waals surface area contributed by atoms with Crippen molar-refractivity contribution in [1.82, 2.24) is 14.5 Å². The topological polar surface area (TPSA) is 42.7 Å². The van der Waals surface area contributed by atoms with Crippen LogP contribution in [0.2, 0.25) is 0 Å². The highest BCUT2D eigenvalue weighted by molar-refractivity contribution is 5.77. The Balaban J connectivity index is 1.89. The lowest BCUT2D eigenvalue weighted by atomic mass is 10.1. The van der Waals surface area contributed by atoms with Crippen molar-refractivity contribution in [2.24, 2.45) is 0 Å². The van der Waals surface area contributed by atoms with Crippen LogP contribution in [0, 0.1) is 13.8 Å². The number of fused-ring (bicyclic) bond motifs is 1. The summed E-state index contributed by atoms with van der Waals surface area (Å²) in [6.07, 6.45) is 3.83. The van der Waals surface area contributed by atoms with Crippen LogP contribution in [-0.2, 0) is 6.54 Å². The minimum absolute atomic E-state index is 0.790. The second-order valence-electron chi connectivity index (χ2n) is 5.38. The molecule has 0 spiro atoms. The Hall–Kier alpha value is -2.36. The Morgan fingerprint density at radius 3 is 2.62 bits per heavy atom. The van der Waals surface area contributed by atoms with E-state index in [-0.39, 0.29) is 0 Å². The minimum atomic E-state index is 0.790. The average Bonchev–Trinajstić information content (AvgIpc) is 2.84. The van der Waals surface area contributed by atoms with E-state index < -0.39 is 0 Å². The second kappa shape index (κ2) is 5.56. The standard InChI is InChI=1S/C17H20N4/c1-4-18-17-6-5-14(9-19-17)10-21-11-20-15-7-12(2)13(3)8-16(15)21/h5-9,11H,4,10H2,1-3H3,(H,18,19). The van der Waals surface area contributed by atoms with Crippen molar-refractivity contribution < 1.29 is 0 Å². The molecule has 0 amide bonds. The number of nitrogens with one attached hydrogen (secondary N) is 1. The van der Waals surface area contributed by atoms with Crippen molar-refractivity contribution in [2.45, 2.75) is 27.3 Å². The van der Waals surface area contributed by atoms with Crippen molar-refractivity contribution in [3.63, 3.8) is 0 Å². The SMILES string of the molecule is CCNc1ccc(Cn2cnc3cc(C)c(C)cc32)cn1. The van der Waals surface area contributed by atoms with E-state index in [1.54, 1.807) is 0 Å². The molecule has 108 valence electrons. The van der Waals surface area contributed by atoms with Gasteiger partial charge in [0.05, 0.1) is 23.9 Å². The predicted molar refractivity (Wildman–Crippen MR) is 86.7 cm³/mol. The highest BCUT2D eigenvalue weighted by atomic mass is 15.0. The van der Waals surface area contributed by atoms with E-state index in [0.717, 1.165) is 24.4 Å². The van der Waals surface area contributed by atoms with E-state index >= 15 is 0 Å². The van der Waals surface area contributed by atoms with Crippen molar-refractivity contribution in [3.8, 4) is 0 Å². The number of aryl methyl sites for hydroxylation is 2. The highest BCUT2D eigenvalue weighted by Gasteiger charge is 2.06. The lowest BCUT2D eigenvalue weighted by molar-refractivity contribution is 0.819. The molecule has 0 bridgehead atoms. The maximum absolute atomic E-state index is 4.49. The summed E-state index contributed by atoms with van der Waals surface area (Å²) in [6.45, 7) is 8.00. The lowest BCUT2D eigenvalue weighted by Gasteiger charge is -2.07. The van der Waals surface area contributed by atoms with Crippen molar-refractivity contribution in [3.05, 3.63) is 53.5 Å². The van der Waals surface area contributed by atoms with Gasteiger partial charge in [-0.05, 0) is 55.7 Å². The first-order valence-corrected chi connectivity index (χ1v) is 7.28. The van der Waals surface area contributed by atoms with Crippen LogP contribution in [0.1, 0.15) is 23.6 Å². The van der Waals surface area contributed by atoms with Crippen LogP contribution in [-0.4, -0.2) is 21.1 Å². The molecule has 4 nitrogen and oxygen atoms in total. The van der Waals surface area contributed by atoms with Crippen molar-refractivity contribution >= 4 is 16.9 Å². The molecule has 0 aliphatic carbocycles. The van der Waals surface area contributed by atoms with Crippen LogP contribution >= 0.6 is 0 Å². The quantitative estimate of drug-likeness (QED) is 0.795. The van der Waals surface area contributed by atoms with E-state index in [9.17, 15) is 0 Å². The second-order valence-corrected chi connectivity index (χ2v) is 5.38. The Morgan fingerprint density at radius 1 is 1.10 bits per heavy atom. The molecule has 4 heteroatoms. The number of imidazole rings is 1. The fraction of sp³-hybridized carbons (Fsp3) is 0.294. The van der Waals surface area contributed by atoms with Gasteiger partial charge in [0.15, 0.2) is 0 Å². The van der Waals surface area contributed by atoms with Crippen molar-refractivity contribution in [2.75, 3.05) is 11.9 Å². The third-order valence-corrected chi connectivity index (χ3v) is 3.77. The summed E-state index contributed by atoms with van der Waals surface area (Å²) < 4.78 is 2.17. The third-order valence-electron chi connectivity index (χ3n) is 3.77. The number of hydrogen-bond donors (Lipinski definition) is 1. The van der Waals surface area contributed by atoms with E-state index in [0.29, 0.717) is 0 Å². The Bertz CT molecular complexity index is 756. The number of benzene rings is 1. The molecule has 0 aliphatic heterocycles. The highest BCUT2D eigenvalue weighted by Crippen LogP contribution is 2.19. The lowest BCUT2D eigenvalue weighted by Crippen LogP contribution is -2.02. The zero-order chi connectivity index (χ0) is 14.8. The predicted octanol–water partition coefficient (Wildman–Crippen LogP) is 3.53. The molecule has 0 aliphatic rings. The van der Waals surface area contributed by atoms with E-state index in [2.05, 4.69) is 58.8 Å². The summed E-state index contributed by atoms with van der Waals surface area (Å²) in [5, 5.41) is 3.21. The first-order valence-electron chi connectivity index (χ1n) is 7.28. The van der Waals surface area contributed by atoms with Gasteiger partial charge in [-0.25, -0.2) is 9.97 Å². The molecule has 0 saturated carbocycles. The molecule has 1 N–H and O–H groups in total. The van der Waals surface area contributed by atoms with Crippen LogP contribution in [0.3, 0.4) is 0 Å². The van der Waals surface area contributed by atoms with Gasteiger partial charge in [0.25, 0.3) is 0 Å². The molecular weight excluding hydrogens is 260 g/mol. The molecule has 21 heavy (non-hydrogen) atoms. The van der Waals surface area contributed by atoms with Gasteiger partial charge >= 0.3 is 0 Å². The van der Waals surface area contributed by atoms with Gasteiger partial charge in [-0.1, -0.05) is 6.07 Å². The summed E-state index contributed by atoms with van der Waals surface area (Å²) in [4.78, 5) is 8.91. The fourth-order valence-electron chi connectivity index (χ4n) is 2.44. The van der Waals surface area contributed by atoms with Crippen LogP contribution in [0.25, 0.3) is 11.0 Å². The van der Waals surface area contributed by atoms with Gasteiger partial charge in [0, 0.05) is 12.7 Å². The smallest absolute Gasteiger partial charge is 0.125 e. The largest absolute Gasteiger partial charge is 0.370 e. The van der Waals surface area contributed by atoms with Crippen LogP contribution in [0.5, 0.6) is 0 Å². The molecule has 2 heterocycles. The number of hydrogen-bond acceptors (Lipinski definition) is 3. The molecule has 1 aromatic carbocycles. The number of aromatic nitrogens is 3. The molecule has 3 rings (SSSR count). The van der Waals surface area contributed by atoms with E-state index in [4.69, 9.17) is 0 Å². The Kier molecular flexibility index (Phi) is 3.60. The van der Waals surface area contributed by atoms with Crippen LogP contribution < -0.4 is 5.32 Å². The third kappa shape index (κ3) is 2.75. The molecular formula is C17H20N4. The molecule has 0 unspecified atom stereocenters. The number of nitrogens with zero attached hydrogens (tertiary/aromatic N) is 3. The number of pyridine rings is 1. The van der Waals surface area contributed by atoms with Gasteiger partial charge in [0.1, 0.15) is 5.82 Å². The van der Waals surface area contributed by atoms with Crippen molar-refractivity contribution in [1.29, 1.82) is 0 Å². The summed E-state index contributed by atoms with van der Waals surface area (Å²) in [5.74, 6) is 0.920. The zero-order valence-electron chi connectivity index (χ0n) is 12.7. The van der Waals surface area contributed by atoms with Gasteiger partial charge in [-0.15, -0.1) is 0 Å². The molecule has 3 aromatic rings. The Labute approximate surface area is 124 Å². The van der Waals surface area contributed by atoms with Gasteiger partial charge in [0.2, 0.25) is 0 Å². The first-order chi connectivity index (χ1) is 10.2. The molecule has 0 radical (unpaired) electrons. The minimum Gasteiger partial charge on any atom is -0.370 e. The fourth-order valence-corrected chi connectivity index (χ4v) is 2.44. The van der Waals surface area contributed by atoms with Gasteiger partial charge in [-0.2, -0.15) is 0 Å². The summed E-state index contributed by atoms with van der Waals surface area (Å²) >= 11 is 0. The average molecular weight is 280 g/mol. The van der Waals surface area contributed by atoms with E-state index in [1.807, 2.05) is 18.6 Å². The molecule has 0 atom stereocenters. The monoisotopic (exact) mass is 280 g/mol. The van der Waals surface area contributed by atoms with Gasteiger partial charge < -0.3 is 9.88 Å². The van der Waals surface area contributed by atoms with Gasteiger partial charge in [-0.3, -0.25) is 0 Å². The molecule has 0 saturated heterocycles. The summed E-state index contributed by atoms with van der Waals surface area (Å²) in [6, 6.07) is 8.48. The maximum atomic E-state index is 4.49. The first kappa shape index (κ1) is 13.6.